The molecule has 1 unspecified atom stereocenters. The van der Waals surface area contributed by atoms with Gasteiger partial charge in [-0.2, -0.15) is 0 Å². The fraction of sp³-hybridized carbons (Fsp3) is 0.333. The number of thioether (sulfide) groups is 1. The van der Waals surface area contributed by atoms with Crippen LogP contribution in [0.1, 0.15) is 22.3 Å². The van der Waals surface area contributed by atoms with Gasteiger partial charge in [-0.3, -0.25) is 0 Å². The minimum atomic E-state index is 0.179. The highest BCUT2D eigenvalue weighted by atomic mass is 79.9. The molecule has 1 nitrogen and oxygen atoms in total. The van der Waals surface area contributed by atoms with Crippen molar-refractivity contribution in [3.63, 3.8) is 0 Å². The third kappa shape index (κ3) is 4.87. The molecule has 0 aliphatic carbocycles. The van der Waals surface area contributed by atoms with E-state index in [0.717, 1.165) is 16.6 Å². The smallest absolute Gasteiger partial charge is 0.0176 e. The molecule has 3 heteroatoms. The third-order valence-electron chi connectivity index (χ3n) is 3.58. The zero-order chi connectivity index (χ0) is 15.4. The third-order valence-corrected chi connectivity index (χ3v) is 5.31. The van der Waals surface area contributed by atoms with E-state index in [2.05, 4.69) is 73.1 Å². The molecule has 0 fully saturated rings. The van der Waals surface area contributed by atoms with E-state index in [0.29, 0.717) is 0 Å². The van der Waals surface area contributed by atoms with Crippen LogP contribution < -0.4 is 5.73 Å². The molecule has 0 aromatic heterocycles. The Hall–Kier alpha value is -0.770. The van der Waals surface area contributed by atoms with E-state index >= 15 is 0 Å². The topological polar surface area (TPSA) is 26.0 Å². The van der Waals surface area contributed by atoms with Crippen molar-refractivity contribution in [1.29, 1.82) is 0 Å². The first-order chi connectivity index (χ1) is 9.95. The van der Waals surface area contributed by atoms with Crippen LogP contribution in [-0.2, 0) is 6.42 Å². The number of nitrogens with two attached hydrogens (primary N) is 1. The molecule has 2 N–H and O–H groups in total. The highest BCUT2D eigenvalue weighted by molar-refractivity contribution is 9.10. The molecule has 0 bridgehead atoms. The predicted octanol–water partition coefficient (Wildman–Crippen LogP) is 5.04. The lowest BCUT2D eigenvalue weighted by Crippen LogP contribution is -2.26. The fourth-order valence-electron chi connectivity index (χ4n) is 2.59. The Morgan fingerprint density at radius 1 is 1.05 bits per heavy atom. The summed E-state index contributed by atoms with van der Waals surface area (Å²) in [6, 6.07) is 13.1. The lowest BCUT2D eigenvalue weighted by atomic mass is 9.95. The van der Waals surface area contributed by atoms with Crippen LogP contribution in [0, 0.1) is 20.8 Å². The molecule has 2 rings (SSSR count). The van der Waals surface area contributed by atoms with Gasteiger partial charge in [0.25, 0.3) is 0 Å². The van der Waals surface area contributed by atoms with E-state index < -0.39 is 0 Å². The van der Waals surface area contributed by atoms with Crippen molar-refractivity contribution in [2.45, 2.75) is 38.1 Å². The first kappa shape index (κ1) is 16.6. The summed E-state index contributed by atoms with van der Waals surface area (Å²) in [5.74, 6) is 0.939. The average molecular weight is 364 g/mol. The van der Waals surface area contributed by atoms with Crippen molar-refractivity contribution < 1.29 is 0 Å². The molecule has 0 amide bonds. The molecule has 112 valence electrons. The van der Waals surface area contributed by atoms with Crippen LogP contribution in [0.15, 0.2) is 45.8 Å². The van der Waals surface area contributed by atoms with E-state index in [1.807, 2.05) is 11.8 Å². The molecule has 0 aliphatic heterocycles. The normalized spacial score (nSPS) is 12.4. The highest BCUT2D eigenvalue weighted by Crippen LogP contribution is 2.23. The van der Waals surface area contributed by atoms with Crippen LogP contribution >= 0.6 is 27.7 Å². The van der Waals surface area contributed by atoms with Crippen molar-refractivity contribution in [3.05, 3.63) is 63.1 Å². The first-order valence-corrected chi connectivity index (χ1v) is 8.94. The fourth-order valence-corrected chi connectivity index (χ4v) is 3.70. The van der Waals surface area contributed by atoms with Gasteiger partial charge in [0.2, 0.25) is 0 Å². The Balaban J connectivity index is 1.96. The van der Waals surface area contributed by atoms with Gasteiger partial charge in [0.15, 0.2) is 0 Å². The van der Waals surface area contributed by atoms with Gasteiger partial charge in [-0.1, -0.05) is 33.6 Å². The minimum absolute atomic E-state index is 0.179. The van der Waals surface area contributed by atoms with Gasteiger partial charge in [-0.15, -0.1) is 11.8 Å². The number of hydrogen-bond acceptors (Lipinski definition) is 2. The second kappa shape index (κ2) is 7.48. The Labute approximate surface area is 140 Å². The summed E-state index contributed by atoms with van der Waals surface area (Å²) in [5.41, 5.74) is 11.8. The van der Waals surface area contributed by atoms with Gasteiger partial charge in [-0.05, 0) is 68.1 Å². The standard InChI is InChI=1S/C18H22BrNS/c1-12-8-13(2)18(14(3)9-12)10-16(20)11-21-17-6-4-15(19)5-7-17/h4-9,16H,10-11,20H2,1-3H3. The quantitative estimate of drug-likeness (QED) is 0.753. The summed E-state index contributed by atoms with van der Waals surface area (Å²) in [5, 5.41) is 0. The maximum Gasteiger partial charge on any atom is 0.0176 e. The van der Waals surface area contributed by atoms with Crippen molar-refractivity contribution in [1.82, 2.24) is 0 Å². The van der Waals surface area contributed by atoms with E-state index in [1.54, 1.807) is 0 Å². The highest BCUT2D eigenvalue weighted by Gasteiger charge is 2.10. The summed E-state index contributed by atoms with van der Waals surface area (Å²) >= 11 is 5.28. The van der Waals surface area contributed by atoms with E-state index in [9.17, 15) is 0 Å². The SMILES string of the molecule is Cc1cc(C)c(CC(N)CSc2ccc(Br)cc2)c(C)c1. The summed E-state index contributed by atoms with van der Waals surface area (Å²) in [6.45, 7) is 6.51. The monoisotopic (exact) mass is 363 g/mol. The molecule has 0 radical (unpaired) electrons. The van der Waals surface area contributed by atoms with Gasteiger partial charge in [0.05, 0.1) is 0 Å². The molecule has 0 saturated carbocycles. The van der Waals surface area contributed by atoms with Crippen LogP contribution in [0.25, 0.3) is 0 Å². The summed E-state index contributed by atoms with van der Waals surface area (Å²) in [4.78, 5) is 1.27. The molecule has 21 heavy (non-hydrogen) atoms. The second-order valence-electron chi connectivity index (χ2n) is 5.61. The molecule has 1 atom stereocenters. The molecular formula is C18H22BrNS. The van der Waals surface area contributed by atoms with E-state index in [4.69, 9.17) is 5.73 Å². The number of benzene rings is 2. The molecule has 2 aromatic carbocycles. The zero-order valence-corrected chi connectivity index (χ0v) is 15.2. The van der Waals surface area contributed by atoms with Crippen LogP contribution in [0.4, 0.5) is 0 Å². The Kier molecular flexibility index (Phi) is 5.91. The first-order valence-electron chi connectivity index (χ1n) is 7.16. The van der Waals surface area contributed by atoms with Crippen molar-refractivity contribution in [2.24, 2.45) is 5.73 Å². The molecule has 0 spiro atoms. The summed E-state index contributed by atoms with van der Waals surface area (Å²) < 4.78 is 1.11. The van der Waals surface area contributed by atoms with E-state index in [1.165, 1.54) is 27.1 Å². The lowest BCUT2D eigenvalue weighted by molar-refractivity contribution is 0.741. The maximum atomic E-state index is 6.33. The van der Waals surface area contributed by atoms with Crippen molar-refractivity contribution in [3.8, 4) is 0 Å². The lowest BCUT2D eigenvalue weighted by Gasteiger charge is -2.16. The number of rotatable bonds is 5. The average Bonchev–Trinajstić information content (AvgIpc) is 2.42. The zero-order valence-electron chi connectivity index (χ0n) is 12.8. The molecular weight excluding hydrogens is 342 g/mol. The maximum absolute atomic E-state index is 6.33. The van der Waals surface area contributed by atoms with E-state index in [-0.39, 0.29) is 6.04 Å². The molecule has 0 saturated heterocycles. The van der Waals surface area contributed by atoms with Gasteiger partial charge in [0, 0.05) is 21.2 Å². The summed E-state index contributed by atoms with van der Waals surface area (Å²) in [6.07, 6.45) is 0.946. The second-order valence-corrected chi connectivity index (χ2v) is 7.62. The van der Waals surface area contributed by atoms with Crippen LogP contribution in [0.5, 0.6) is 0 Å². The van der Waals surface area contributed by atoms with Gasteiger partial charge >= 0.3 is 0 Å². The minimum Gasteiger partial charge on any atom is -0.327 e. The Morgan fingerprint density at radius 2 is 1.62 bits per heavy atom. The number of hydrogen-bond donors (Lipinski definition) is 1. The molecule has 0 aliphatic rings. The molecule has 0 heterocycles. The number of halogens is 1. The van der Waals surface area contributed by atoms with Crippen LogP contribution in [-0.4, -0.2) is 11.8 Å². The van der Waals surface area contributed by atoms with Crippen LogP contribution in [0.2, 0.25) is 0 Å². The summed E-state index contributed by atoms with van der Waals surface area (Å²) in [7, 11) is 0. The van der Waals surface area contributed by atoms with Gasteiger partial charge in [0.1, 0.15) is 0 Å². The van der Waals surface area contributed by atoms with Crippen LogP contribution in [0.3, 0.4) is 0 Å². The van der Waals surface area contributed by atoms with Crippen molar-refractivity contribution >= 4 is 27.7 Å². The molecule has 2 aromatic rings. The van der Waals surface area contributed by atoms with Gasteiger partial charge in [-0.25, -0.2) is 0 Å². The predicted molar refractivity (Wildman–Crippen MR) is 97.2 cm³/mol. The Morgan fingerprint density at radius 3 is 2.19 bits per heavy atom. The Bertz CT molecular complexity index is 584. The van der Waals surface area contributed by atoms with Gasteiger partial charge < -0.3 is 5.73 Å². The van der Waals surface area contributed by atoms with Crippen molar-refractivity contribution in [2.75, 3.05) is 5.75 Å². The number of aryl methyl sites for hydroxylation is 3. The largest absolute Gasteiger partial charge is 0.327 e.